The number of anilines is 1. The second kappa shape index (κ2) is 5.16. The van der Waals surface area contributed by atoms with E-state index < -0.39 is 0 Å². The molecule has 7 heteroatoms. The highest BCUT2D eigenvalue weighted by Crippen LogP contribution is 2.21. The number of nitrogens with one attached hydrogen (secondary N) is 2. The summed E-state index contributed by atoms with van der Waals surface area (Å²) in [6.07, 6.45) is 3.26. The summed E-state index contributed by atoms with van der Waals surface area (Å²) < 4.78 is 0. The topological polar surface area (TPSA) is 103 Å². The van der Waals surface area contributed by atoms with Gasteiger partial charge in [-0.15, -0.1) is 10.2 Å². The highest BCUT2D eigenvalue weighted by molar-refractivity contribution is 5.91. The predicted molar refractivity (Wildman–Crippen MR) is 73.1 cm³/mol. The van der Waals surface area contributed by atoms with Gasteiger partial charge in [0.2, 0.25) is 5.82 Å². The van der Waals surface area contributed by atoms with Crippen molar-refractivity contribution in [3.63, 3.8) is 0 Å². The number of H-pyrrole nitrogens is 1. The van der Waals surface area contributed by atoms with Gasteiger partial charge in [-0.2, -0.15) is 10.5 Å². The van der Waals surface area contributed by atoms with Gasteiger partial charge in [0, 0.05) is 17.8 Å². The van der Waals surface area contributed by atoms with E-state index in [1.807, 2.05) is 36.4 Å². The van der Waals surface area contributed by atoms with E-state index in [4.69, 9.17) is 5.26 Å². The van der Waals surface area contributed by atoms with Crippen molar-refractivity contribution in [1.82, 2.24) is 25.6 Å². The van der Waals surface area contributed by atoms with Crippen molar-refractivity contribution in [2.45, 2.75) is 0 Å². The molecule has 0 aliphatic carbocycles. The monoisotopic (exact) mass is 263 g/mol. The molecule has 3 rings (SSSR count). The van der Waals surface area contributed by atoms with Crippen LogP contribution in [0.25, 0.3) is 16.5 Å². The Hall–Kier alpha value is -3.27. The molecule has 1 aromatic carbocycles. The van der Waals surface area contributed by atoms with Crippen molar-refractivity contribution < 1.29 is 0 Å². The van der Waals surface area contributed by atoms with Gasteiger partial charge in [-0.05, 0) is 17.3 Å². The average Bonchev–Trinajstić information content (AvgIpc) is 3.02. The number of benzene rings is 1. The number of hydrogen-bond acceptors (Lipinski definition) is 6. The molecule has 0 saturated carbocycles. The van der Waals surface area contributed by atoms with Crippen molar-refractivity contribution in [2.24, 2.45) is 0 Å². The molecule has 0 radical (unpaired) electrons. The average molecular weight is 263 g/mol. The first kappa shape index (κ1) is 11.8. The number of allylic oxidation sites excluding steroid dienone is 1. The summed E-state index contributed by atoms with van der Waals surface area (Å²) in [5, 5.41) is 26.4. The number of rotatable bonds is 3. The van der Waals surface area contributed by atoms with Gasteiger partial charge in [0.1, 0.15) is 11.6 Å². The van der Waals surface area contributed by atoms with Crippen LogP contribution in [0.4, 0.5) is 5.69 Å². The van der Waals surface area contributed by atoms with Gasteiger partial charge in [0.15, 0.2) is 0 Å². The lowest BCUT2D eigenvalue weighted by Gasteiger charge is -2.05. The molecule has 2 aromatic heterocycles. The molecule has 96 valence electrons. The van der Waals surface area contributed by atoms with Crippen LogP contribution in [0.2, 0.25) is 0 Å². The Morgan fingerprint density at radius 2 is 2.20 bits per heavy atom. The first-order chi connectivity index (χ1) is 9.88. The maximum Gasteiger partial charge on any atom is 0.216 e. The number of nitrogens with zero attached hydrogens (tertiary/aromatic N) is 5. The molecule has 2 heterocycles. The maximum absolute atomic E-state index is 9.09. The third-order valence-electron chi connectivity index (χ3n) is 2.71. The van der Waals surface area contributed by atoms with Crippen molar-refractivity contribution in [2.75, 3.05) is 5.32 Å². The SMILES string of the molecule is N#CC(=CNc1cccc2cccnc12)c1nn[nH]n1. The number of aromatic nitrogens is 5. The number of fused-ring (bicyclic) bond motifs is 1. The first-order valence-electron chi connectivity index (χ1n) is 5.83. The number of pyridine rings is 1. The van der Waals surface area contributed by atoms with Gasteiger partial charge >= 0.3 is 0 Å². The highest BCUT2D eigenvalue weighted by atomic mass is 15.5. The molecule has 7 nitrogen and oxygen atoms in total. The molecule has 2 N–H and O–H groups in total. The molecule has 3 aromatic rings. The normalized spacial score (nSPS) is 11.2. The van der Waals surface area contributed by atoms with E-state index in [0.29, 0.717) is 0 Å². The number of para-hydroxylation sites is 1. The van der Waals surface area contributed by atoms with Gasteiger partial charge < -0.3 is 5.32 Å². The number of aromatic amines is 1. The zero-order chi connectivity index (χ0) is 13.8. The number of tetrazole rings is 1. The fraction of sp³-hybridized carbons (Fsp3) is 0. The summed E-state index contributed by atoms with van der Waals surface area (Å²) in [5.74, 6) is 0.244. The van der Waals surface area contributed by atoms with Crippen LogP contribution < -0.4 is 5.32 Å². The number of hydrogen-bond donors (Lipinski definition) is 2. The second-order valence-electron chi connectivity index (χ2n) is 3.93. The third-order valence-corrected chi connectivity index (χ3v) is 2.71. The van der Waals surface area contributed by atoms with E-state index in [9.17, 15) is 0 Å². The predicted octanol–water partition coefficient (Wildman–Crippen LogP) is 1.72. The van der Waals surface area contributed by atoms with Crippen LogP contribution in [0.1, 0.15) is 5.82 Å². The van der Waals surface area contributed by atoms with Crippen LogP contribution in [-0.4, -0.2) is 25.6 Å². The molecule has 0 atom stereocenters. The Bertz CT molecular complexity index is 794. The van der Waals surface area contributed by atoms with Crippen molar-refractivity contribution in [3.8, 4) is 6.07 Å². The van der Waals surface area contributed by atoms with Gasteiger partial charge in [-0.1, -0.05) is 18.2 Å². The Morgan fingerprint density at radius 3 is 3.00 bits per heavy atom. The smallest absolute Gasteiger partial charge is 0.216 e. The Morgan fingerprint density at radius 1 is 1.30 bits per heavy atom. The standard InChI is InChI=1S/C13H9N7/c14-7-10(13-17-19-20-18-13)8-16-11-5-1-3-9-4-2-6-15-12(9)11/h1-6,8,16H,(H,17,18,19,20). The largest absolute Gasteiger partial charge is 0.359 e. The van der Waals surface area contributed by atoms with Gasteiger partial charge in [0.05, 0.1) is 11.2 Å². The summed E-state index contributed by atoms with van der Waals surface area (Å²) >= 11 is 0. The molecule has 0 bridgehead atoms. The quantitative estimate of drug-likeness (QED) is 0.697. The van der Waals surface area contributed by atoms with E-state index in [2.05, 4.69) is 30.9 Å². The fourth-order valence-corrected chi connectivity index (χ4v) is 1.79. The maximum atomic E-state index is 9.09. The lowest BCUT2D eigenvalue weighted by atomic mass is 10.2. The molecule has 0 aliphatic heterocycles. The zero-order valence-electron chi connectivity index (χ0n) is 10.3. The molecule has 0 spiro atoms. The van der Waals surface area contributed by atoms with E-state index in [1.165, 1.54) is 6.20 Å². The summed E-state index contributed by atoms with van der Waals surface area (Å²) in [5.41, 5.74) is 1.92. The summed E-state index contributed by atoms with van der Waals surface area (Å²) in [7, 11) is 0. The van der Waals surface area contributed by atoms with Gasteiger partial charge in [-0.3, -0.25) is 4.98 Å². The lowest BCUT2D eigenvalue weighted by molar-refractivity contribution is 0.881. The summed E-state index contributed by atoms with van der Waals surface area (Å²) in [6.45, 7) is 0. The molecule has 0 fully saturated rings. The third kappa shape index (κ3) is 2.18. The van der Waals surface area contributed by atoms with Crippen LogP contribution in [0, 0.1) is 11.3 Å². The van der Waals surface area contributed by atoms with E-state index in [-0.39, 0.29) is 11.4 Å². The van der Waals surface area contributed by atoms with E-state index in [1.54, 1.807) is 6.20 Å². The highest BCUT2D eigenvalue weighted by Gasteiger charge is 2.06. The Labute approximate surface area is 114 Å². The van der Waals surface area contributed by atoms with Crippen molar-refractivity contribution in [3.05, 3.63) is 48.6 Å². The summed E-state index contributed by atoms with van der Waals surface area (Å²) in [4.78, 5) is 4.32. The number of nitriles is 1. The zero-order valence-corrected chi connectivity index (χ0v) is 10.3. The van der Waals surface area contributed by atoms with Crippen LogP contribution in [-0.2, 0) is 0 Å². The van der Waals surface area contributed by atoms with Crippen LogP contribution in [0.15, 0.2) is 42.7 Å². The van der Waals surface area contributed by atoms with Crippen molar-refractivity contribution >= 4 is 22.2 Å². The minimum absolute atomic E-state index is 0.244. The first-order valence-corrected chi connectivity index (χ1v) is 5.83. The van der Waals surface area contributed by atoms with Gasteiger partial charge in [0.25, 0.3) is 0 Å². The molecule has 0 unspecified atom stereocenters. The molecule has 0 amide bonds. The minimum Gasteiger partial charge on any atom is -0.359 e. The minimum atomic E-state index is 0.244. The van der Waals surface area contributed by atoms with E-state index >= 15 is 0 Å². The Kier molecular flexibility index (Phi) is 3.04. The molecular weight excluding hydrogens is 254 g/mol. The molecule has 0 aliphatic rings. The van der Waals surface area contributed by atoms with Gasteiger partial charge in [-0.25, -0.2) is 0 Å². The fourth-order valence-electron chi connectivity index (χ4n) is 1.79. The Balaban J connectivity index is 1.96. The van der Waals surface area contributed by atoms with Crippen molar-refractivity contribution in [1.29, 1.82) is 5.26 Å². The van der Waals surface area contributed by atoms with Crippen LogP contribution in [0.3, 0.4) is 0 Å². The van der Waals surface area contributed by atoms with Crippen LogP contribution >= 0.6 is 0 Å². The molecule has 20 heavy (non-hydrogen) atoms. The second-order valence-corrected chi connectivity index (χ2v) is 3.93. The van der Waals surface area contributed by atoms with E-state index in [0.717, 1.165) is 16.6 Å². The van der Waals surface area contributed by atoms with Crippen LogP contribution in [0.5, 0.6) is 0 Å². The lowest BCUT2D eigenvalue weighted by Crippen LogP contribution is -1.94. The molecular formula is C13H9N7. The molecule has 0 saturated heterocycles. The summed E-state index contributed by atoms with van der Waals surface area (Å²) in [6, 6.07) is 11.6.